The Bertz CT molecular complexity index is 219. The van der Waals surface area contributed by atoms with E-state index < -0.39 is 17.3 Å². The molecule has 18 heavy (non-hydrogen) atoms. The van der Waals surface area contributed by atoms with Crippen LogP contribution in [0.3, 0.4) is 0 Å². The largest absolute Gasteiger partial charge is 0.427 e. The van der Waals surface area contributed by atoms with Gasteiger partial charge in [-0.25, -0.2) is 0 Å². The summed E-state index contributed by atoms with van der Waals surface area (Å²) in [6.45, 7) is 8.20. The van der Waals surface area contributed by atoms with Crippen LogP contribution in [-0.2, 0) is 17.7 Å². The van der Waals surface area contributed by atoms with Crippen molar-refractivity contribution < 1.29 is 17.7 Å². The molecule has 5 nitrogen and oxygen atoms in total. The Hall–Kier alpha value is 0.234. The van der Waals surface area contributed by atoms with Gasteiger partial charge in [-0.2, -0.15) is 0 Å². The molecule has 0 aromatic carbocycles. The van der Waals surface area contributed by atoms with Crippen LogP contribution in [0.2, 0.25) is 18.6 Å². The third-order valence-corrected chi connectivity index (χ3v) is 10.8. The maximum Gasteiger partial charge on any atom is 0.427 e. The number of rotatable bonds is 10. The van der Waals surface area contributed by atoms with E-state index in [2.05, 4.69) is 25.0 Å². The molecule has 110 valence electrons. The fourth-order valence-corrected chi connectivity index (χ4v) is 8.11. The second-order valence-corrected chi connectivity index (χ2v) is 11.3. The molecule has 0 aromatic heterocycles. The summed E-state index contributed by atoms with van der Waals surface area (Å²) in [5.74, 6) is 0. The molecule has 0 unspecified atom stereocenters. The SMILES string of the molecule is CCN(CC)[Si](CC[Si](C)(OC)OC)(OC)OC. The van der Waals surface area contributed by atoms with Gasteiger partial charge in [-0.1, -0.05) is 13.8 Å². The van der Waals surface area contributed by atoms with Crippen LogP contribution in [0, 0.1) is 0 Å². The lowest BCUT2D eigenvalue weighted by molar-refractivity contribution is 0.166. The van der Waals surface area contributed by atoms with Gasteiger partial charge in [-0.05, 0) is 25.7 Å². The first-order chi connectivity index (χ1) is 8.47. The maximum atomic E-state index is 5.77. The fourth-order valence-electron chi connectivity index (χ4n) is 2.08. The first kappa shape index (κ1) is 18.2. The smallest absolute Gasteiger partial charge is 0.398 e. The van der Waals surface area contributed by atoms with E-state index in [1.54, 1.807) is 28.4 Å². The molecule has 0 bridgehead atoms. The minimum absolute atomic E-state index is 0.867. The van der Waals surface area contributed by atoms with Crippen LogP contribution in [0.4, 0.5) is 0 Å². The van der Waals surface area contributed by atoms with Crippen molar-refractivity contribution >= 4 is 17.3 Å². The van der Waals surface area contributed by atoms with E-state index in [1.165, 1.54) is 0 Å². The highest BCUT2D eigenvalue weighted by Crippen LogP contribution is 2.25. The zero-order chi connectivity index (χ0) is 14.2. The molecule has 7 heteroatoms. The third-order valence-electron chi connectivity index (χ3n) is 3.64. The lowest BCUT2D eigenvalue weighted by Crippen LogP contribution is -2.58. The molecular formula is C11H29NO4Si2. The van der Waals surface area contributed by atoms with Crippen LogP contribution >= 0.6 is 0 Å². The van der Waals surface area contributed by atoms with Gasteiger partial charge in [0.05, 0.1) is 0 Å². The van der Waals surface area contributed by atoms with E-state index in [4.69, 9.17) is 17.7 Å². The van der Waals surface area contributed by atoms with Gasteiger partial charge in [-0.15, -0.1) is 0 Å². The highest BCUT2D eigenvalue weighted by atomic mass is 28.4. The second kappa shape index (κ2) is 8.41. The van der Waals surface area contributed by atoms with Crippen LogP contribution in [0.5, 0.6) is 0 Å². The minimum Gasteiger partial charge on any atom is -0.398 e. The third kappa shape index (κ3) is 4.41. The minimum atomic E-state index is -2.31. The lowest BCUT2D eigenvalue weighted by atomic mass is 10.7. The monoisotopic (exact) mass is 295 g/mol. The Morgan fingerprint density at radius 2 is 1.22 bits per heavy atom. The summed E-state index contributed by atoms with van der Waals surface area (Å²) in [7, 11) is 2.55. The molecular weight excluding hydrogens is 266 g/mol. The summed E-state index contributed by atoms with van der Waals surface area (Å²) in [4.78, 5) is 0. The summed E-state index contributed by atoms with van der Waals surface area (Å²) >= 11 is 0. The zero-order valence-corrected chi connectivity index (χ0v) is 14.9. The number of nitrogens with zero attached hydrogens (tertiary/aromatic N) is 1. The molecule has 0 saturated heterocycles. The normalized spacial score (nSPS) is 13.3. The highest BCUT2D eigenvalue weighted by molar-refractivity contribution is 6.71. The van der Waals surface area contributed by atoms with E-state index in [-0.39, 0.29) is 0 Å². The molecule has 0 aliphatic rings. The molecule has 0 fully saturated rings. The van der Waals surface area contributed by atoms with Gasteiger partial charge in [0.25, 0.3) is 0 Å². The Labute approximate surface area is 114 Å². The summed E-state index contributed by atoms with van der Waals surface area (Å²) in [6, 6.07) is 1.75. The second-order valence-electron chi connectivity index (χ2n) is 4.34. The van der Waals surface area contributed by atoms with E-state index in [9.17, 15) is 0 Å². The summed E-state index contributed by atoms with van der Waals surface area (Å²) in [6.07, 6.45) is 0. The van der Waals surface area contributed by atoms with Crippen molar-refractivity contribution in [1.82, 2.24) is 4.57 Å². The average Bonchev–Trinajstić information content (AvgIpc) is 2.43. The summed E-state index contributed by atoms with van der Waals surface area (Å²) < 4.78 is 24.9. The van der Waals surface area contributed by atoms with Gasteiger partial charge in [0.15, 0.2) is 0 Å². The van der Waals surface area contributed by atoms with Crippen molar-refractivity contribution in [2.45, 2.75) is 32.5 Å². The topological polar surface area (TPSA) is 40.2 Å². The van der Waals surface area contributed by atoms with Crippen molar-refractivity contribution in [3.05, 3.63) is 0 Å². The van der Waals surface area contributed by atoms with Gasteiger partial charge in [0.1, 0.15) is 0 Å². The first-order valence-electron chi connectivity index (χ1n) is 6.43. The summed E-state index contributed by atoms with van der Waals surface area (Å²) in [5.41, 5.74) is 0. The van der Waals surface area contributed by atoms with Crippen molar-refractivity contribution in [2.75, 3.05) is 41.5 Å². The molecule has 0 saturated carbocycles. The van der Waals surface area contributed by atoms with Crippen LogP contribution in [0.15, 0.2) is 0 Å². The molecule has 0 radical (unpaired) electrons. The maximum absolute atomic E-state index is 5.77. The molecule has 0 N–H and O–H groups in total. The zero-order valence-electron chi connectivity index (χ0n) is 12.9. The van der Waals surface area contributed by atoms with Crippen LogP contribution in [0.1, 0.15) is 13.8 Å². The van der Waals surface area contributed by atoms with E-state index in [1.807, 2.05) is 0 Å². The Morgan fingerprint density at radius 1 is 0.778 bits per heavy atom. The van der Waals surface area contributed by atoms with Gasteiger partial charge in [0, 0.05) is 34.5 Å². The molecule has 0 aliphatic heterocycles. The van der Waals surface area contributed by atoms with Crippen molar-refractivity contribution in [3.63, 3.8) is 0 Å². The predicted octanol–water partition coefficient (Wildman–Crippen LogP) is 1.92. The van der Waals surface area contributed by atoms with Crippen LogP contribution in [0.25, 0.3) is 0 Å². The Kier molecular flexibility index (Phi) is 8.52. The highest BCUT2D eigenvalue weighted by Gasteiger charge is 2.45. The molecule has 0 atom stereocenters. The first-order valence-corrected chi connectivity index (χ1v) is 10.9. The van der Waals surface area contributed by atoms with Gasteiger partial charge in [0.2, 0.25) is 0 Å². The van der Waals surface area contributed by atoms with E-state index >= 15 is 0 Å². The molecule has 0 rings (SSSR count). The Balaban J connectivity index is 4.81. The summed E-state index contributed by atoms with van der Waals surface area (Å²) in [5, 5.41) is 0. The predicted molar refractivity (Wildman–Crippen MR) is 77.9 cm³/mol. The average molecular weight is 296 g/mol. The Morgan fingerprint density at radius 3 is 1.50 bits per heavy atom. The van der Waals surface area contributed by atoms with Gasteiger partial charge in [-0.3, -0.25) is 4.57 Å². The molecule has 0 heterocycles. The molecule has 0 spiro atoms. The molecule has 0 aliphatic carbocycles. The van der Waals surface area contributed by atoms with Crippen LogP contribution in [-0.4, -0.2) is 63.4 Å². The molecule has 0 aromatic rings. The van der Waals surface area contributed by atoms with Crippen LogP contribution < -0.4 is 0 Å². The standard InChI is InChI=1S/C11H29NO4Si2/c1-8-12(9-2)18(15-5,16-6)11-10-17(7,13-3)14-4/h8-11H2,1-7H3. The fraction of sp³-hybridized carbons (Fsp3) is 1.00. The molecule has 0 amide bonds. The van der Waals surface area contributed by atoms with E-state index in [0.717, 1.165) is 25.2 Å². The number of hydrogen-bond acceptors (Lipinski definition) is 5. The van der Waals surface area contributed by atoms with Gasteiger partial charge >= 0.3 is 17.3 Å². The van der Waals surface area contributed by atoms with Crippen molar-refractivity contribution in [1.29, 1.82) is 0 Å². The van der Waals surface area contributed by atoms with Crippen molar-refractivity contribution in [3.8, 4) is 0 Å². The number of hydrogen-bond donors (Lipinski definition) is 0. The van der Waals surface area contributed by atoms with Crippen molar-refractivity contribution in [2.24, 2.45) is 0 Å². The van der Waals surface area contributed by atoms with E-state index in [0.29, 0.717) is 0 Å². The lowest BCUT2D eigenvalue weighted by Gasteiger charge is -2.38. The van der Waals surface area contributed by atoms with Gasteiger partial charge < -0.3 is 17.7 Å². The quantitative estimate of drug-likeness (QED) is 0.576.